The van der Waals surface area contributed by atoms with Gasteiger partial charge >= 0.3 is 6.18 Å². The first-order chi connectivity index (χ1) is 14.6. The molecule has 182 valence electrons. The molecule has 1 fully saturated rings. The topological polar surface area (TPSA) is 60.0 Å². The molecule has 0 aliphatic carbocycles. The fourth-order valence-corrected chi connectivity index (χ4v) is 3.30. The molecule has 0 unspecified atom stereocenters. The Morgan fingerprint density at radius 2 is 1.91 bits per heavy atom. The number of aliphatic imine (C=N–C) groups is 1. The van der Waals surface area contributed by atoms with E-state index in [1.165, 1.54) is 23.8 Å². The third-order valence-electron chi connectivity index (χ3n) is 5.40. The number of piperidine rings is 1. The number of rotatable bonds is 8. The van der Waals surface area contributed by atoms with Gasteiger partial charge in [-0.3, -0.25) is 4.79 Å². The van der Waals surface area contributed by atoms with Crippen LogP contribution in [-0.2, 0) is 17.5 Å². The minimum absolute atomic E-state index is 0. The number of hydrogen-bond donors (Lipinski definition) is 2. The molecule has 0 radical (unpaired) electrons. The highest BCUT2D eigenvalue weighted by atomic mass is 127. The summed E-state index contributed by atoms with van der Waals surface area (Å²) in [7, 11) is 3.33. The fraction of sp³-hybridized carbons (Fsp3) is 0.636. The number of alkyl halides is 3. The van der Waals surface area contributed by atoms with E-state index in [9.17, 15) is 18.0 Å². The van der Waals surface area contributed by atoms with Crippen molar-refractivity contribution in [2.75, 3.05) is 46.8 Å². The highest BCUT2D eigenvalue weighted by molar-refractivity contribution is 14.0. The summed E-state index contributed by atoms with van der Waals surface area (Å²) in [5.41, 5.74) is -0.237. The number of guanidine groups is 1. The summed E-state index contributed by atoms with van der Waals surface area (Å²) >= 11 is 0. The van der Waals surface area contributed by atoms with E-state index in [4.69, 9.17) is 0 Å². The van der Waals surface area contributed by atoms with Crippen LogP contribution in [0.1, 0.15) is 37.3 Å². The summed E-state index contributed by atoms with van der Waals surface area (Å²) in [5, 5.41) is 6.17. The highest BCUT2D eigenvalue weighted by Gasteiger charge is 2.30. The van der Waals surface area contributed by atoms with Crippen molar-refractivity contribution < 1.29 is 18.0 Å². The van der Waals surface area contributed by atoms with Crippen LogP contribution in [0.5, 0.6) is 0 Å². The third kappa shape index (κ3) is 10.4. The summed E-state index contributed by atoms with van der Waals surface area (Å²) in [6.45, 7) is 6.31. The smallest absolute Gasteiger partial charge is 0.356 e. The third-order valence-corrected chi connectivity index (χ3v) is 5.40. The van der Waals surface area contributed by atoms with Gasteiger partial charge in [0.05, 0.1) is 18.7 Å². The molecule has 0 atom stereocenters. The maximum absolute atomic E-state index is 12.9. The summed E-state index contributed by atoms with van der Waals surface area (Å²) in [6, 6.07) is 5.13. The van der Waals surface area contributed by atoms with Gasteiger partial charge in [0.2, 0.25) is 5.91 Å². The molecule has 32 heavy (non-hydrogen) atoms. The van der Waals surface area contributed by atoms with Crippen LogP contribution in [0.4, 0.5) is 13.2 Å². The molecule has 0 aromatic heterocycles. The maximum atomic E-state index is 12.9. The number of hydrogen-bond acceptors (Lipinski definition) is 3. The van der Waals surface area contributed by atoms with Crippen LogP contribution in [-0.4, -0.2) is 68.5 Å². The molecule has 1 aromatic carbocycles. The first kappa shape index (κ1) is 28.5. The molecule has 0 bridgehead atoms. The van der Waals surface area contributed by atoms with Gasteiger partial charge in [-0.2, -0.15) is 13.2 Å². The zero-order chi connectivity index (χ0) is 22.9. The van der Waals surface area contributed by atoms with Crippen LogP contribution in [0.15, 0.2) is 29.3 Å². The summed E-state index contributed by atoms with van der Waals surface area (Å²) in [4.78, 5) is 20.2. The van der Waals surface area contributed by atoms with Gasteiger partial charge in [-0.25, -0.2) is 4.99 Å². The number of carbonyl (C=O) groups is 1. The number of amides is 1. The van der Waals surface area contributed by atoms with Crippen molar-refractivity contribution in [1.82, 2.24) is 20.4 Å². The van der Waals surface area contributed by atoms with Crippen LogP contribution >= 0.6 is 24.0 Å². The number of likely N-dealkylation sites (tertiary alicyclic amines) is 1. The lowest BCUT2D eigenvalue weighted by molar-refractivity contribution is -0.137. The SMILES string of the molecule is CC1CCN(CCCNC(=NCc2cccc(C(F)(F)F)c2)NCC(=O)N(C)C)CC1.I. The maximum Gasteiger partial charge on any atom is 0.416 e. The van der Waals surface area contributed by atoms with Crippen molar-refractivity contribution in [3.05, 3.63) is 35.4 Å². The molecular weight excluding hydrogens is 534 g/mol. The number of nitrogens with zero attached hydrogens (tertiary/aromatic N) is 3. The largest absolute Gasteiger partial charge is 0.416 e. The van der Waals surface area contributed by atoms with Crippen LogP contribution in [0.2, 0.25) is 0 Å². The number of carbonyl (C=O) groups excluding carboxylic acids is 1. The lowest BCUT2D eigenvalue weighted by Gasteiger charge is -2.30. The number of nitrogens with one attached hydrogen (secondary N) is 2. The van der Waals surface area contributed by atoms with Crippen molar-refractivity contribution >= 4 is 35.8 Å². The van der Waals surface area contributed by atoms with E-state index in [-0.39, 0.29) is 43.0 Å². The Kier molecular flexibility index (Phi) is 12.3. The summed E-state index contributed by atoms with van der Waals surface area (Å²) in [5.74, 6) is 1.10. The summed E-state index contributed by atoms with van der Waals surface area (Å²) in [6.07, 6.45) is -1.01. The Hall–Kier alpha value is -1.56. The average molecular weight is 569 g/mol. The van der Waals surface area contributed by atoms with Gasteiger partial charge in [-0.1, -0.05) is 19.1 Å². The van der Waals surface area contributed by atoms with E-state index in [2.05, 4.69) is 27.4 Å². The van der Waals surface area contributed by atoms with E-state index < -0.39 is 11.7 Å². The standard InChI is InChI=1S/C22H34F3N5O.HI/c1-17-8-12-30(13-9-17)11-5-10-26-21(28-16-20(31)29(2)3)27-15-18-6-4-7-19(14-18)22(23,24)25;/h4,6-7,14,17H,5,8-13,15-16H2,1-3H3,(H2,26,27,28);1H. The van der Waals surface area contributed by atoms with Crippen molar-refractivity contribution in [2.45, 2.75) is 38.9 Å². The normalized spacial score (nSPS) is 15.8. The molecule has 10 heteroatoms. The van der Waals surface area contributed by atoms with Crippen molar-refractivity contribution in [3.8, 4) is 0 Å². The molecule has 1 heterocycles. The van der Waals surface area contributed by atoms with Crippen LogP contribution in [0, 0.1) is 5.92 Å². The molecule has 1 amide bonds. The van der Waals surface area contributed by atoms with Gasteiger partial charge in [0, 0.05) is 20.6 Å². The first-order valence-corrected chi connectivity index (χ1v) is 10.8. The highest BCUT2D eigenvalue weighted by Crippen LogP contribution is 2.29. The van der Waals surface area contributed by atoms with Gasteiger partial charge in [0.25, 0.3) is 0 Å². The lowest BCUT2D eigenvalue weighted by atomic mass is 9.99. The van der Waals surface area contributed by atoms with E-state index in [1.807, 2.05) is 0 Å². The molecule has 2 rings (SSSR count). The molecule has 0 saturated carbocycles. The van der Waals surface area contributed by atoms with Crippen LogP contribution in [0.3, 0.4) is 0 Å². The van der Waals surface area contributed by atoms with Gasteiger partial charge in [0.15, 0.2) is 5.96 Å². The molecule has 1 saturated heterocycles. The minimum atomic E-state index is -4.39. The molecular formula is C22H35F3IN5O. The molecule has 1 aromatic rings. The Balaban J connectivity index is 0.00000512. The lowest BCUT2D eigenvalue weighted by Crippen LogP contribution is -2.44. The molecule has 1 aliphatic heterocycles. The van der Waals surface area contributed by atoms with Gasteiger partial charge in [0.1, 0.15) is 0 Å². The number of likely N-dealkylation sites (N-methyl/N-ethyl adjacent to an activating group) is 1. The Bertz CT molecular complexity index is 735. The quantitative estimate of drug-likeness (QED) is 0.218. The second-order valence-electron chi connectivity index (χ2n) is 8.31. The first-order valence-electron chi connectivity index (χ1n) is 10.8. The monoisotopic (exact) mass is 569 g/mol. The molecule has 2 N–H and O–H groups in total. The van der Waals surface area contributed by atoms with Gasteiger partial charge in [-0.15, -0.1) is 24.0 Å². The van der Waals surface area contributed by atoms with Crippen LogP contribution in [0.25, 0.3) is 0 Å². The van der Waals surface area contributed by atoms with E-state index in [1.54, 1.807) is 20.2 Å². The predicted molar refractivity (Wildman–Crippen MR) is 132 cm³/mol. The molecule has 0 spiro atoms. The van der Waals surface area contributed by atoms with Crippen molar-refractivity contribution in [3.63, 3.8) is 0 Å². The fourth-order valence-electron chi connectivity index (χ4n) is 3.30. The second-order valence-corrected chi connectivity index (χ2v) is 8.31. The Morgan fingerprint density at radius 1 is 1.22 bits per heavy atom. The van der Waals surface area contributed by atoms with Crippen molar-refractivity contribution in [2.24, 2.45) is 10.9 Å². The Labute approximate surface area is 206 Å². The number of halogens is 4. The molecule has 1 aliphatic rings. The van der Waals surface area contributed by atoms with Gasteiger partial charge < -0.3 is 20.4 Å². The van der Waals surface area contributed by atoms with Crippen molar-refractivity contribution in [1.29, 1.82) is 0 Å². The molecule has 6 nitrogen and oxygen atoms in total. The second kappa shape index (κ2) is 13.9. The zero-order valence-electron chi connectivity index (χ0n) is 19.0. The van der Waals surface area contributed by atoms with E-state index in [0.29, 0.717) is 18.1 Å². The average Bonchev–Trinajstić information content (AvgIpc) is 2.73. The van der Waals surface area contributed by atoms with Crippen LogP contribution < -0.4 is 10.6 Å². The Morgan fingerprint density at radius 3 is 2.53 bits per heavy atom. The van der Waals surface area contributed by atoms with Gasteiger partial charge in [-0.05, 0) is 62.5 Å². The zero-order valence-corrected chi connectivity index (χ0v) is 21.4. The number of benzene rings is 1. The minimum Gasteiger partial charge on any atom is -0.356 e. The summed E-state index contributed by atoms with van der Waals surface area (Å²) < 4.78 is 38.8. The van der Waals surface area contributed by atoms with E-state index >= 15 is 0 Å². The predicted octanol–water partition coefficient (Wildman–Crippen LogP) is 3.57. The van der Waals surface area contributed by atoms with E-state index in [0.717, 1.165) is 44.1 Å².